The van der Waals surface area contributed by atoms with Gasteiger partial charge in [-0.15, -0.1) is 0 Å². The van der Waals surface area contributed by atoms with Crippen molar-refractivity contribution in [3.05, 3.63) is 0 Å². The Morgan fingerprint density at radius 3 is 2.04 bits per heavy atom. The molecule has 3 unspecified atom stereocenters. The van der Waals surface area contributed by atoms with Crippen LogP contribution in [-0.2, 0) is 10.1 Å². The van der Waals surface area contributed by atoms with Gasteiger partial charge in [0.05, 0.1) is 32.9 Å². The molecule has 7 heteroatoms. The number of nitrogens with zero attached hydrogens (tertiary/aromatic N) is 1. The molecule has 28 heavy (non-hydrogen) atoms. The van der Waals surface area contributed by atoms with Crippen molar-refractivity contribution < 1.29 is 22.6 Å². The maximum atomic E-state index is 10.9. The molecule has 0 amide bonds. The molecule has 0 heterocycles. The van der Waals surface area contributed by atoms with Crippen LogP contribution in [0.15, 0.2) is 0 Å². The summed E-state index contributed by atoms with van der Waals surface area (Å²) in [7, 11) is 0.410. The van der Waals surface area contributed by atoms with Gasteiger partial charge >= 0.3 is 0 Å². The third-order valence-electron chi connectivity index (χ3n) is 5.97. The van der Waals surface area contributed by atoms with Gasteiger partial charge in [-0.3, -0.25) is 9.87 Å². The molecule has 0 aliphatic heterocycles. The van der Waals surface area contributed by atoms with Gasteiger partial charge in [0.2, 0.25) is 0 Å². The van der Waals surface area contributed by atoms with Gasteiger partial charge in [0.25, 0.3) is 10.1 Å². The minimum Gasteiger partial charge on any atom is -0.378 e. The molecule has 0 spiro atoms. The maximum Gasteiger partial charge on any atom is 0.264 e. The topological polar surface area (TPSA) is 86.6 Å². The van der Waals surface area contributed by atoms with Crippen molar-refractivity contribution in [2.24, 2.45) is 16.7 Å². The van der Waals surface area contributed by atoms with Gasteiger partial charge in [-0.2, -0.15) is 8.42 Å². The predicted molar refractivity (Wildman–Crippen MR) is 118 cm³/mol. The lowest BCUT2D eigenvalue weighted by molar-refractivity contribution is -0.890. The largest absolute Gasteiger partial charge is 0.378 e. The Hall–Kier alpha value is -0.210. The molecule has 0 aromatic carbocycles. The highest BCUT2D eigenvalue weighted by Gasteiger charge is 2.40. The third kappa shape index (κ3) is 11.7. The second-order valence-electron chi connectivity index (χ2n) is 10.6. The summed E-state index contributed by atoms with van der Waals surface area (Å²) in [4.78, 5) is 0. The van der Waals surface area contributed by atoms with E-state index in [1.807, 2.05) is 0 Å². The summed E-state index contributed by atoms with van der Waals surface area (Å²) >= 11 is 0. The molecule has 170 valence electrons. The van der Waals surface area contributed by atoms with Gasteiger partial charge in [0.1, 0.15) is 6.23 Å². The molecule has 6 nitrogen and oxygen atoms in total. The summed E-state index contributed by atoms with van der Waals surface area (Å²) in [6.07, 6.45) is 3.65. The molecule has 3 atom stereocenters. The van der Waals surface area contributed by atoms with Gasteiger partial charge in [-0.05, 0) is 30.6 Å². The Morgan fingerprint density at radius 2 is 1.57 bits per heavy atom. The zero-order chi connectivity index (χ0) is 22.2. The second-order valence-corrected chi connectivity index (χ2v) is 12.2. The van der Waals surface area contributed by atoms with E-state index in [0.29, 0.717) is 12.3 Å². The van der Waals surface area contributed by atoms with Crippen LogP contribution in [0.25, 0.3) is 0 Å². The van der Waals surface area contributed by atoms with Crippen molar-refractivity contribution >= 4 is 10.1 Å². The SMILES string of the molecule is CCC(C)C(C)(CC(C)(C)C)C(O)NCCC[N+](C)(C)CCCCS(=O)(=O)O. The number of rotatable bonds is 14. The van der Waals surface area contributed by atoms with Crippen molar-refractivity contribution in [3.8, 4) is 0 Å². The molecule has 3 N–H and O–H groups in total. The summed E-state index contributed by atoms with van der Waals surface area (Å²) in [5.74, 6) is 0.257. The number of quaternary nitrogens is 1. The van der Waals surface area contributed by atoms with E-state index in [1.165, 1.54) is 0 Å². The fraction of sp³-hybridized carbons (Fsp3) is 1.00. The summed E-state index contributed by atoms with van der Waals surface area (Å²) in [5.41, 5.74) is -0.0189. The van der Waals surface area contributed by atoms with Crippen LogP contribution in [0.3, 0.4) is 0 Å². The minimum atomic E-state index is -3.85. The van der Waals surface area contributed by atoms with Crippen LogP contribution in [0.2, 0.25) is 0 Å². The number of aliphatic hydroxyl groups excluding tert-OH is 1. The van der Waals surface area contributed by atoms with Crippen LogP contribution in [0.4, 0.5) is 0 Å². The molecule has 0 aliphatic carbocycles. The first-order valence-corrected chi connectivity index (χ1v) is 12.3. The van der Waals surface area contributed by atoms with Crippen molar-refractivity contribution in [1.82, 2.24) is 5.32 Å². The van der Waals surface area contributed by atoms with Crippen molar-refractivity contribution in [3.63, 3.8) is 0 Å². The Bertz CT molecular complexity index is 543. The fourth-order valence-electron chi connectivity index (χ4n) is 4.06. The predicted octanol–water partition coefficient (Wildman–Crippen LogP) is 3.52. The van der Waals surface area contributed by atoms with Gasteiger partial charge in [-0.25, -0.2) is 0 Å². The first kappa shape index (κ1) is 27.8. The van der Waals surface area contributed by atoms with E-state index >= 15 is 0 Å². The maximum absolute atomic E-state index is 10.9. The van der Waals surface area contributed by atoms with E-state index in [4.69, 9.17) is 4.55 Å². The molecule has 0 radical (unpaired) electrons. The van der Waals surface area contributed by atoms with Crippen LogP contribution < -0.4 is 5.32 Å². The summed E-state index contributed by atoms with van der Waals surface area (Å²) in [6.45, 7) is 15.8. The third-order valence-corrected chi connectivity index (χ3v) is 6.77. The molecule has 0 fully saturated rings. The zero-order valence-electron chi connectivity index (χ0n) is 19.6. The Labute approximate surface area is 174 Å². The average Bonchev–Trinajstić information content (AvgIpc) is 2.52. The highest BCUT2D eigenvalue weighted by Crippen LogP contribution is 2.42. The second kappa shape index (κ2) is 11.3. The van der Waals surface area contributed by atoms with Crippen LogP contribution in [0.5, 0.6) is 0 Å². The number of hydrogen-bond donors (Lipinski definition) is 3. The van der Waals surface area contributed by atoms with Crippen LogP contribution in [-0.4, -0.2) is 68.3 Å². The van der Waals surface area contributed by atoms with Gasteiger partial charge < -0.3 is 9.59 Å². The molecule has 0 aromatic heterocycles. The van der Waals surface area contributed by atoms with Crippen LogP contribution >= 0.6 is 0 Å². The number of hydrogen-bond acceptors (Lipinski definition) is 4. The van der Waals surface area contributed by atoms with Crippen molar-refractivity contribution in [2.75, 3.05) is 39.5 Å². The van der Waals surface area contributed by atoms with Crippen molar-refractivity contribution in [2.45, 2.75) is 79.9 Å². The Morgan fingerprint density at radius 1 is 1.04 bits per heavy atom. The van der Waals surface area contributed by atoms with Crippen molar-refractivity contribution in [1.29, 1.82) is 0 Å². The molecule has 0 aromatic rings. The lowest BCUT2D eigenvalue weighted by Crippen LogP contribution is -2.50. The smallest absolute Gasteiger partial charge is 0.264 e. The first-order chi connectivity index (χ1) is 12.5. The van der Waals surface area contributed by atoms with Gasteiger partial charge in [0.15, 0.2) is 0 Å². The lowest BCUT2D eigenvalue weighted by atomic mass is 9.66. The number of nitrogens with one attached hydrogen (secondary N) is 1. The molecule has 0 saturated carbocycles. The average molecular weight is 424 g/mol. The minimum absolute atomic E-state index is 0.155. The first-order valence-electron chi connectivity index (χ1n) is 10.7. The van der Waals surface area contributed by atoms with Gasteiger partial charge in [-0.1, -0.05) is 48.0 Å². The summed E-state index contributed by atoms with van der Waals surface area (Å²) < 4.78 is 31.2. The molecular formula is C21H47N2O4S+. The van der Waals surface area contributed by atoms with E-state index in [9.17, 15) is 13.5 Å². The fourth-order valence-corrected chi connectivity index (χ4v) is 4.63. The van der Waals surface area contributed by atoms with Crippen LogP contribution in [0.1, 0.15) is 73.6 Å². The zero-order valence-corrected chi connectivity index (χ0v) is 20.4. The van der Waals surface area contributed by atoms with Gasteiger partial charge in [0, 0.05) is 18.4 Å². The Kier molecular flexibility index (Phi) is 11.2. The lowest BCUT2D eigenvalue weighted by Gasteiger charge is -2.44. The standard InChI is InChI=1S/C21H46N2O4S/c1-9-18(2)21(6,17-20(3,4)5)19(24)22-13-12-15-23(7,8)14-10-11-16-28(25,26)27/h18-19,22,24H,9-17H2,1-8H3/p+1. The van der Waals surface area contributed by atoms with E-state index in [2.05, 4.69) is 61.0 Å². The summed E-state index contributed by atoms with van der Waals surface area (Å²) in [5, 5.41) is 14.3. The van der Waals surface area contributed by atoms with Crippen LogP contribution in [0, 0.1) is 16.7 Å². The highest BCUT2D eigenvalue weighted by molar-refractivity contribution is 7.85. The number of unbranched alkanes of at least 4 members (excludes halogenated alkanes) is 1. The monoisotopic (exact) mass is 423 g/mol. The molecule has 0 aliphatic rings. The molecule has 0 rings (SSSR count). The van der Waals surface area contributed by atoms with E-state index in [0.717, 1.165) is 49.8 Å². The summed E-state index contributed by atoms with van der Waals surface area (Å²) in [6, 6.07) is 0. The number of aliphatic hydroxyl groups is 1. The van der Waals surface area contributed by atoms with E-state index < -0.39 is 16.3 Å². The quantitative estimate of drug-likeness (QED) is 0.172. The highest BCUT2D eigenvalue weighted by atomic mass is 32.2. The Balaban J connectivity index is 4.47. The molecular weight excluding hydrogens is 376 g/mol. The van der Waals surface area contributed by atoms with E-state index in [1.54, 1.807) is 0 Å². The normalized spacial score (nSPS) is 17.9. The molecule has 0 saturated heterocycles. The molecule has 0 bridgehead atoms. The van der Waals surface area contributed by atoms with E-state index in [-0.39, 0.29) is 16.6 Å².